The molecule has 1 aliphatic rings. The summed E-state index contributed by atoms with van der Waals surface area (Å²) in [4.78, 5) is 42.2. The van der Waals surface area contributed by atoms with E-state index in [-0.39, 0.29) is 23.7 Å². The highest BCUT2D eigenvalue weighted by molar-refractivity contribution is 6.30. The fourth-order valence-electron chi connectivity index (χ4n) is 5.19. The number of halogens is 1. The third-order valence-corrected chi connectivity index (χ3v) is 7.47. The standard InChI is InChI=1S/C31H29ClN4O4/c1-3-4-17-33(31(38)23-12-11-21(2)28(19-23)36(39)40)20-29(37)35-26-9-6-5-8-25(26)34-18-7-10-27(34)30(35)22-13-15-24(32)16-14-22/h5-16,18-19,30H,3-4,17,20H2,1-2H3. The second kappa shape index (κ2) is 11.4. The lowest BCUT2D eigenvalue weighted by molar-refractivity contribution is -0.385. The first kappa shape index (κ1) is 27.1. The quantitative estimate of drug-likeness (QED) is 0.178. The zero-order valence-electron chi connectivity index (χ0n) is 22.3. The van der Waals surface area contributed by atoms with E-state index >= 15 is 0 Å². The van der Waals surface area contributed by atoms with Gasteiger partial charge < -0.3 is 9.47 Å². The molecule has 0 radical (unpaired) electrons. The summed E-state index contributed by atoms with van der Waals surface area (Å²) >= 11 is 6.19. The number of aromatic nitrogens is 1. The van der Waals surface area contributed by atoms with Gasteiger partial charge in [-0.2, -0.15) is 0 Å². The summed E-state index contributed by atoms with van der Waals surface area (Å²) in [6.45, 7) is 3.80. The number of para-hydroxylation sites is 2. The molecule has 2 amide bonds. The topological polar surface area (TPSA) is 88.7 Å². The zero-order chi connectivity index (χ0) is 28.4. The monoisotopic (exact) mass is 556 g/mol. The van der Waals surface area contributed by atoms with Crippen LogP contribution in [0.5, 0.6) is 0 Å². The van der Waals surface area contributed by atoms with Crippen LogP contribution in [0, 0.1) is 17.0 Å². The molecular formula is C31H29ClN4O4. The van der Waals surface area contributed by atoms with Crippen LogP contribution in [-0.4, -0.2) is 39.3 Å². The molecule has 1 aromatic heterocycles. The minimum atomic E-state index is -0.496. The molecule has 0 aliphatic carbocycles. The van der Waals surface area contributed by atoms with Gasteiger partial charge in [0.05, 0.1) is 22.0 Å². The zero-order valence-corrected chi connectivity index (χ0v) is 23.0. The molecule has 0 saturated carbocycles. The van der Waals surface area contributed by atoms with E-state index in [1.165, 1.54) is 11.0 Å². The molecule has 0 N–H and O–H groups in total. The van der Waals surface area contributed by atoms with Crippen molar-refractivity contribution in [3.05, 3.63) is 123 Å². The number of hydrogen-bond acceptors (Lipinski definition) is 4. The third-order valence-electron chi connectivity index (χ3n) is 7.22. The normalized spacial score (nSPS) is 13.9. The molecule has 4 aromatic rings. The molecule has 204 valence electrons. The number of unbranched alkanes of at least 4 members (excludes halogenated alkanes) is 1. The Hall–Kier alpha value is -4.43. The number of aryl methyl sites for hydroxylation is 1. The van der Waals surface area contributed by atoms with Crippen molar-refractivity contribution in [2.24, 2.45) is 0 Å². The minimum absolute atomic E-state index is 0.124. The smallest absolute Gasteiger partial charge is 0.273 e. The number of rotatable bonds is 8. The number of anilines is 1. The van der Waals surface area contributed by atoms with Crippen molar-refractivity contribution in [3.8, 4) is 5.69 Å². The minimum Gasteiger partial charge on any atom is -0.329 e. The van der Waals surface area contributed by atoms with Crippen molar-refractivity contribution in [2.75, 3.05) is 18.0 Å². The Morgan fingerprint density at radius 3 is 2.42 bits per heavy atom. The molecule has 3 aromatic carbocycles. The van der Waals surface area contributed by atoms with Gasteiger partial charge in [-0.15, -0.1) is 0 Å². The fourth-order valence-corrected chi connectivity index (χ4v) is 5.31. The van der Waals surface area contributed by atoms with Crippen LogP contribution in [-0.2, 0) is 4.79 Å². The lowest BCUT2D eigenvalue weighted by atomic mass is 9.97. The number of fused-ring (bicyclic) bond motifs is 3. The maximum atomic E-state index is 14.3. The van der Waals surface area contributed by atoms with Gasteiger partial charge in [-0.3, -0.25) is 24.6 Å². The van der Waals surface area contributed by atoms with Crippen molar-refractivity contribution in [1.29, 1.82) is 0 Å². The predicted molar refractivity (Wildman–Crippen MR) is 155 cm³/mol. The Balaban J connectivity index is 1.55. The van der Waals surface area contributed by atoms with Crippen molar-refractivity contribution >= 4 is 34.8 Å². The summed E-state index contributed by atoms with van der Waals surface area (Å²) in [7, 11) is 0. The molecule has 9 heteroatoms. The van der Waals surface area contributed by atoms with Gasteiger partial charge in [0.1, 0.15) is 12.6 Å². The van der Waals surface area contributed by atoms with E-state index in [1.54, 1.807) is 36.1 Å². The van der Waals surface area contributed by atoms with Gasteiger partial charge in [0.2, 0.25) is 5.91 Å². The lowest BCUT2D eigenvalue weighted by Gasteiger charge is -2.39. The maximum absolute atomic E-state index is 14.3. The number of carbonyl (C=O) groups excluding carboxylic acids is 2. The second-order valence-corrected chi connectivity index (χ2v) is 10.3. The van der Waals surface area contributed by atoms with E-state index in [0.29, 0.717) is 23.6 Å². The van der Waals surface area contributed by atoms with E-state index in [2.05, 4.69) is 4.57 Å². The molecule has 1 atom stereocenters. The van der Waals surface area contributed by atoms with Crippen LogP contribution < -0.4 is 4.90 Å². The van der Waals surface area contributed by atoms with Crippen LogP contribution in [0.15, 0.2) is 85.1 Å². The summed E-state index contributed by atoms with van der Waals surface area (Å²) in [6.07, 6.45) is 3.48. The summed E-state index contributed by atoms with van der Waals surface area (Å²) in [5.41, 5.74) is 3.91. The van der Waals surface area contributed by atoms with E-state index < -0.39 is 16.9 Å². The highest BCUT2D eigenvalue weighted by atomic mass is 35.5. The van der Waals surface area contributed by atoms with Crippen molar-refractivity contribution < 1.29 is 14.5 Å². The van der Waals surface area contributed by atoms with Crippen LogP contribution >= 0.6 is 11.6 Å². The fraction of sp³-hybridized carbons (Fsp3) is 0.226. The highest BCUT2D eigenvalue weighted by Gasteiger charge is 2.37. The molecule has 40 heavy (non-hydrogen) atoms. The Bertz CT molecular complexity index is 1580. The number of nitro groups is 1. The van der Waals surface area contributed by atoms with E-state index in [1.807, 2.05) is 61.7 Å². The Labute approximate surface area is 237 Å². The van der Waals surface area contributed by atoms with E-state index in [0.717, 1.165) is 29.1 Å². The molecule has 0 saturated heterocycles. The molecule has 8 nitrogen and oxygen atoms in total. The predicted octanol–water partition coefficient (Wildman–Crippen LogP) is 6.73. The summed E-state index contributed by atoms with van der Waals surface area (Å²) in [5.74, 6) is -0.674. The Kier molecular flexibility index (Phi) is 7.71. The van der Waals surface area contributed by atoms with E-state index in [9.17, 15) is 19.7 Å². The van der Waals surface area contributed by atoms with Crippen LogP contribution in [0.2, 0.25) is 5.02 Å². The summed E-state index contributed by atoms with van der Waals surface area (Å²) < 4.78 is 2.07. The maximum Gasteiger partial charge on any atom is 0.273 e. The van der Waals surface area contributed by atoms with Gasteiger partial charge in [-0.25, -0.2) is 0 Å². The first-order valence-corrected chi connectivity index (χ1v) is 13.6. The average molecular weight is 557 g/mol. The number of nitrogens with zero attached hydrogens (tertiary/aromatic N) is 4. The molecule has 1 aliphatic heterocycles. The van der Waals surface area contributed by atoms with Gasteiger partial charge in [0.15, 0.2) is 0 Å². The SMILES string of the molecule is CCCCN(CC(=O)N1c2ccccc2-n2cccc2C1c1ccc(Cl)cc1)C(=O)c1ccc(C)c([N+](=O)[O-])c1. The number of carbonyl (C=O) groups is 2. The van der Waals surface area contributed by atoms with Crippen molar-refractivity contribution in [2.45, 2.75) is 32.7 Å². The number of benzene rings is 3. The molecular weight excluding hydrogens is 528 g/mol. The molecule has 5 rings (SSSR count). The van der Waals surface area contributed by atoms with Gasteiger partial charge in [-0.05, 0) is 61.4 Å². The first-order valence-electron chi connectivity index (χ1n) is 13.2. The first-order chi connectivity index (χ1) is 19.3. The van der Waals surface area contributed by atoms with E-state index in [4.69, 9.17) is 11.6 Å². The van der Waals surface area contributed by atoms with Crippen LogP contribution in [0.3, 0.4) is 0 Å². The van der Waals surface area contributed by atoms with Crippen molar-refractivity contribution in [3.63, 3.8) is 0 Å². The molecule has 1 unspecified atom stereocenters. The van der Waals surface area contributed by atoms with Gasteiger partial charge in [0, 0.05) is 35.0 Å². The van der Waals surface area contributed by atoms with Crippen LogP contribution in [0.4, 0.5) is 11.4 Å². The second-order valence-electron chi connectivity index (χ2n) is 9.85. The molecule has 0 fully saturated rings. The van der Waals surface area contributed by atoms with Crippen LogP contribution in [0.1, 0.15) is 53.0 Å². The number of hydrogen-bond donors (Lipinski definition) is 0. The Morgan fingerprint density at radius 2 is 1.73 bits per heavy atom. The highest BCUT2D eigenvalue weighted by Crippen LogP contribution is 2.42. The number of nitro benzene ring substituents is 1. The lowest BCUT2D eigenvalue weighted by Crippen LogP contribution is -2.47. The summed E-state index contributed by atoms with van der Waals surface area (Å²) in [6, 6.07) is 23.0. The average Bonchev–Trinajstić information content (AvgIpc) is 3.45. The van der Waals surface area contributed by atoms with Gasteiger partial charge >= 0.3 is 0 Å². The summed E-state index contributed by atoms with van der Waals surface area (Å²) in [5, 5.41) is 12.1. The van der Waals surface area contributed by atoms with Gasteiger partial charge in [0.25, 0.3) is 11.6 Å². The van der Waals surface area contributed by atoms with Gasteiger partial charge in [-0.1, -0.05) is 55.3 Å². The Morgan fingerprint density at radius 1 is 1.00 bits per heavy atom. The molecule has 0 spiro atoms. The molecule has 0 bridgehead atoms. The largest absolute Gasteiger partial charge is 0.329 e. The van der Waals surface area contributed by atoms with Crippen molar-refractivity contribution in [1.82, 2.24) is 9.47 Å². The van der Waals surface area contributed by atoms with Crippen LogP contribution in [0.25, 0.3) is 5.69 Å². The molecule has 2 heterocycles. The number of amides is 2. The third kappa shape index (κ3) is 5.10.